The van der Waals surface area contributed by atoms with E-state index in [0.29, 0.717) is 0 Å². The Morgan fingerprint density at radius 2 is 2.11 bits per heavy atom. The monoisotopic (exact) mass is 143 g/mol. The van der Waals surface area contributed by atoms with Crippen LogP contribution in [0.2, 0.25) is 0 Å². The van der Waals surface area contributed by atoms with E-state index >= 15 is 0 Å². The normalized spacial score (nSPS) is 11.9. The predicted molar refractivity (Wildman–Crippen MR) is 41.7 cm³/mol. The molecular weight excluding hydrogens is 132 g/mol. The van der Waals surface area contributed by atoms with E-state index in [2.05, 4.69) is 26.1 Å². The number of rotatable bonds is 1. The van der Waals surface area contributed by atoms with Crippen LogP contribution in [0.5, 0.6) is 0 Å². The Balaban J connectivity index is 2.90. The van der Waals surface area contributed by atoms with Gasteiger partial charge in [0.1, 0.15) is 0 Å². The molecule has 0 atom stereocenters. The highest BCUT2D eigenvalue weighted by atomic mass is 32.1. The lowest BCUT2D eigenvalue weighted by atomic mass is 10.6. The van der Waals surface area contributed by atoms with Gasteiger partial charge in [-0.2, -0.15) is 0 Å². The van der Waals surface area contributed by atoms with Gasteiger partial charge in [0, 0.05) is 0 Å². The van der Waals surface area contributed by atoms with Gasteiger partial charge in [0.2, 0.25) is 5.00 Å². The van der Waals surface area contributed by atoms with E-state index in [1.165, 1.54) is 5.00 Å². The summed E-state index contributed by atoms with van der Waals surface area (Å²) in [6.07, 6.45) is 1.91. The summed E-state index contributed by atoms with van der Waals surface area (Å²) in [7, 11) is 6.40. The molecule has 50 valence electrons. The SMILES string of the molecule is C[N+](C)(C)c1cncs1. The number of hydrogen-bond donors (Lipinski definition) is 0. The summed E-state index contributed by atoms with van der Waals surface area (Å²) < 4.78 is 0.866. The van der Waals surface area contributed by atoms with Crippen molar-refractivity contribution in [2.75, 3.05) is 21.1 Å². The molecule has 3 heteroatoms. The van der Waals surface area contributed by atoms with Crippen molar-refractivity contribution in [3.63, 3.8) is 0 Å². The van der Waals surface area contributed by atoms with Crippen molar-refractivity contribution in [2.24, 2.45) is 0 Å². The van der Waals surface area contributed by atoms with Gasteiger partial charge in [-0.1, -0.05) is 11.3 Å². The van der Waals surface area contributed by atoms with Crippen LogP contribution in [-0.2, 0) is 0 Å². The summed E-state index contributed by atoms with van der Waals surface area (Å²) in [6.45, 7) is 0. The average molecular weight is 143 g/mol. The van der Waals surface area contributed by atoms with Crippen molar-refractivity contribution >= 4 is 16.3 Å². The lowest BCUT2D eigenvalue weighted by Gasteiger charge is -2.19. The summed E-state index contributed by atoms with van der Waals surface area (Å²) >= 11 is 1.69. The van der Waals surface area contributed by atoms with Crippen LogP contribution < -0.4 is 4.48 Å². The number of nitrogens with zero attached hydrogens (tertiary/aromatic N) is 2. The van der Waals surface area contributed by atoms with Crippen molar-refractivity contribution in [3.05, 3.63) is 11.7 Å². The molecule has 0 fully saturated rings. The van der Waals surface area contributed by atoms with Crippen molar-refractivity contribution in [3.8, 4) is 0 Å². The zero-order chi connectivity index (χ0) is 6.91. The Hall–Kier alpha value is -0.410. The third-order valence-electron chi connectivity index (χ3n) is 1.08. The maximum Gasteiger partial charge on any atom is 0.207 e. The first-order valence-corrected chi connectivity index (χ1v) is 3.69. The Morgan fingerprint density at radius 3 is 2.33 bits per heavy atom. The number of quaternary nitrogens is 1. The first-order chi connectivity index (χ1) is 4.11. The maximum atomic E-state index is 3.99. The summed E-state index contributed by atoms with van der Waals surface area (Å²) in [5.74, 6) is 0. The molecular formula is C6H11N2S+. The highest BCUT2D eigenvalue weighted by Crippen LogP contribution is 2.20. The lowest BCUT2D eigenvalue weighted by molar-refractivity contribution is 0.495. The third kappa shape index (κ3) is 1.50. The van der Waals surface area contributed by atoms with Gasteiger partial charge in [0.15, 0.2) is 0 Å². The fourth-order valence-corrected chi connectivity index (χ4v) is 1.21. The van der Waals surface area contributed by atoms with Crippen LogP contribution in [-0.4, -0.2) is 26.1 Å². The summed E-state index contributed by atoms with van der Waals surface area (Å²) in [4.78, 5) is 3.99. The standard InChI is InChI=1S/C6H11N2S/c1-8(2,3)6-4-7-5-9-6/h4-5H,1-3H3/q+1. The van der Waals surface area contributed by atoms with E-state index in [4.69, 9.17) is 0 Å². The maximum absolute atomic E-state index is 3.99. The molecule has 0 bridgehead atoms. The van der Waals surface area contributed by atoms with Crippen LogP contribution in [0.25, 0.3) is 0 Å². The molecule has 0 aliphatic carbocycles. The van der Waals surface area contributed by atoms with Crippen molar-refractivity contribution < 1.29 is 0 Å². The zero-order valence-electron chi connectivity index (χ0n) is 5.96. The van der Waals surface area contributed by atoms with Crippen LogP contribution in [0.15, 0.2) is 11.7 Å². The molecule has 0 aliphatic heterocycles. The smallest absolute Gasteiger partial charge is 0.207 e. The van der Waals surface area contributed by atoms with Gasteiger partial charge >= 0.3 is 0 Å². The highest BCUT2D eigenvalue weighted by Gasteiger charge is 2.12. The molecule has 0 N–H and O–H groups in total. The Bertz CT molecular complexity index is 173. The van der Waals surface area contributed by atoms with Gasteiger partial charge in [0.05, 0.1) is 32.9 Å². The second-order valence-corrected chi connectivity index (χ2v) is 3.72. The van der Waals surface area contributed by atoms with Crippen LogP contribution in [0.1, 0.15) is 0 Å². The molecule has 1 rings (SSSR count). The van der Waals surface area contributed by atoms with Crippen LogP contribution >= 0.6 is 11.3 Å². The zero-order valence-corrected chi connectivity index (χ0v) is 6.77. The van der Waals surface area contributed by atoms with Gasteiger partial charge in [-0.25, -0.2) is 4.98 Å². The first-order valence-electron chi connectivity index (χ1n) is 2.81. The molecule has 0 saturated heterocycles. The second kappa shape index (κ2) is 2.08. The molecule has 9 heavy (non-hydrogen) atoms. The molecule has 0 spiro atoms. The minimum absolute atomic E-state index is 0.866. The van der Waals surface area contributed by atoms with Crippen LogP contribution in [0.4, 0.5) is 5.00 Å². The Kier molecular flexibility index (Phi) is 1.55. The predicted octanol–water partition coefficient (Wildman–Crippen LogP) is 1.34. The third-order valence-corrected chi connectivity index (χ3v) is 2.20. The summed E-state index contributed by atoms with van der Waals surface area (Å²) in [6, 6.07) is 0. The minimum Gasteiger partial charge on any atom is -0.288 e. The topological polar surface area (TPSA) is 12.9 Å². The lowest BCUT2D eigenvalue weighted by Crippen LogP contribution is -2.33. The fraction of sp³-hybridized carbons (Fsp3) is 0.500. The molecule has 0 aromatic carbocycles. The van der Waals surface area contributed by atoms with E-state index in [1.807, 2.05) is 11.7 Å². The number of hydrogen-bond acceptors (Lipinski definition) is 2. The Labute approximate surface area is 59.4 Å². The van der Waals surface area contributed by atoms with E-state index in [-0.39, 0.29) is 0 Å². The number of thiazole rings is 1. The van der Waals surface area contributed by atoms with Gasteiger partial charge in [-0.15, -0.1) is 0 Å². The molecule has 0 saturated carbocycles. The number of aromatic nitrogens is 1. The van der Waals surface area contributed by atoms with E-state index in [0.717, 1.165) is 4.48 Å². The summed E-state index contributed by atoms with van der Waals surface area (Å²) in [5, 5.41) is 1.29. The quantitative estimate of drug-likeness (QED) is 0.541. The minimum atomic E-state index is 0.866. The van der Waals surface area contributed by atoms with Crippen LogP contribution in [0.3, 0.4) is 0 Å². The molecule has 0 amide bonds. The van der Waals surface area contributed by atoms with Crippen molar-refractivity contribution in [1.82, 2.24) is 9.47 Å². The average Bonchev–Trinajstić information content (AvgIpc) is 2.08. The van der Waals surface area contributed by atoms with Gasteiger partial charge in [-0.3, -0.25) is 4.48 Å². The molecule has 1 aromatic rings. The first kappa shape index (κ1) is 6.71. The molecule has 1 heterocycles. The van der Waals surface area contributed by atoms with E-state index in [9.17, 15) is 0 Å². The van der Waals surface area contributed by atoms with Gasteiger partial charge in [-0.05, 0) is 0 Å². The van der Waals surface area contributed by atoms with Crippen LogP contribution in [0, 0.1) is 0 Å². The molecule has 0 aliphatic rings. The van der Waals surface area contributed by atoms with Gasteiger partial charge in [0.25, 0.3) is 0 Å². The summed E-state index contributed by atoms with van der Waals surface area (Å²) in [5.41, 5.74) is 1.86. The molecule has 0 radical (unpaired) electrons. The Morgan fingerprint density at radius 1 is 1.44 bits per heavy atom. The largest absolute Gasteiger partial charge is 0.288 e. The van der Waals surface area contributed by atoms with E-state index in [1.54, 1.807) is 11.3 Å². The van der Waals surface area contributed by atoms with Crippen molar-refractivity contribution in [2.45, 2.75) is 0 Å². The van der Waals surface area contributed by atoms with Gasteiger partial charge < -0.3 is 0 Å². The fourth-order valence-electron chi connectivity index (χ4n) is 0.540. The molecule has 0 unspecified atom stereocenters. The molecule has 1 aromatic heterocycles. The highest BCUT2D eigenvalue weighted by molar-refractivity contribution is 7.13. The van der Waals surface area contributed by atoms with Crippen molar-refractivity contribution in [1.29, 1.82) is 0 Å². The van der Waals surface area contributed by atoms with E-state index < -0.39 is 0 Å². The molecule has 2 nitrogen and oxygen atoms in total. The second-order valence-electron chi connectivity index (χ2n) is 2.85.